The van der Waals surface area contributed by atoms with E-state index >= 15 is 0 Å². The topological polar surface area (TPSA) is 60.0 Å². The molecule has 1 N–H and O–H groups in total. The van der Waals surface area contributed by atoms with Crippen LogP contribution in [0.5, 0.6) is 0 Å². The second-order valence-electron chi connectivity index (χ2n) is 6.21. The smallest absolute Gasteiger partial charge is 0.410 e. The fourth-order valence-electron chi connectivity index (χ4n) is 2.52. The van der Waals surface area contributed by atoms with E-state index < -0.39 is 5.60 Å². The van der Waals surface area contributed by atoms with Crippen molar-refractivity contribution >= 4 is 6.09 Å². The molecule has 1 atom stereocenters. The fourth-order valence-corrected chi connectivity index (χ4v) is 2.52. The zero-order valence-corrected chi connectivity index (χ0v) is 12.2. The van der Waals surface area contributed by atoms with Gasteiger partial charge in [-0.15, -0.1) is 0 Å². The van der Waals surface area contributed by atoms with E-state index in [1.807, 2.05) is 20.8 Å². The standard InChI is InChI=1S/C13H24N2O4/c1-12(2,3)19-11(16)15-8-13(9-15)10(7-17-4)14-5-6-18-13/h10,14H,5-9H2,1-4H3. The van der Waals surface area contributed by atoms with Gasteiger partial charge in [0.25, 0.3) is 0 Å². The molecule has 2 aliphatic heterocycles. The molecule has 1 unspecified atom stereocenters. The highest BCUT2D eigenvalue weighted by molar-refractivity contribution is 5.69. The molecule has 2 rings (SSSR count). The minimum Gasteiger partial charge on any atom is -0.444 e. The van der Waals surface area contributed by atoms with Crippen LogP contribution in [0.2, 0.25) is 0 Å². The summed E-state index contributed by atoms with van der Waals surface area (Å²) in [5, 5.41) is 3.39. The summed E-state index contributed by atoms with van der Waals surface area (Å²) in [6.45, 7) is 8.80. The second-order valence-corrected chi connectivity index (χ2v) is 6.21. The Morgan fingerprint density at radius 1 is 1.47 bits per heavy atom. The Hall–Kier alpha value is -0.850. The third-order valence-electron chi connectivity index (χ3n) is 3.42. The zero-order chi connectivity index (χ0) is 14.1. The third kappa shape index (κ3) is 3.19. The van der Waals surface area contributed by atoms with Gasteiger partial charge in [0.15, 0.2) is 0 Å². The molecule has 2 saturated heterocycles. The number of morpholine rings is 1. The lowest BCUT2D eigenvalue weighted by atomic mass is 9.85. The quantitative estimate of drug-likeness (QED) is 0.798. The van der Waals surface area contributed by atoms with Gasteiger partial charge in [-0.25, -0.2) is 4.79 Å². The van der Waals surface area contributed by atoms with Gasteiger partial charge in [0.2, 0.25) is 0 Å². The summed E-state index contributed by atoms with van der Waals surface area (Å²) in [5.41, 5.74) is -0.775. The third-order valence-corrected chi connectivity index (χ3v) is 3.42. The minimum atomic E-state index is -0.461. The molecule has 2 fully saturated rings. The molecule has 6 nitrogen and oxygen atoms in total. The first-order valence-electron chi connectivity index (χ1n) is 6.70. The molecule has 110 valence electrons. The first kappa shape index (κ1) is 14.6. The van der Waals surface area contributed by atoms with E-state index in [2.05, 4.69) is 5.32 Å². The number of hydrogen-bond acceptors (Lipinski definition) is 5. The van der Waals surface area contributed by atoms with Gasteiger partial charge in [0, 0.05) is 13.7 Å². The normalized spacial score (nSPS) is 26.1. The monoisotopic (exact) mass is 272 g/mol. The number of likely N-dealkylation sites (tertiary alicyclic amines) is 1. The Kier molecular flexibility index (Phi) is 4.03. The molecule has 1 spiro atoms. The molecule has 19 heavy (non-hydrogen) atoms. The molecule has 0 bridgehead atoms. The highest BCUT2D eigenvalue weighted by Gasteiger charge is 2.53. The first-order chi connectivity index (χ1) is 8.86. The summed E-state index contributed by atoms with van der Waals surface area (Å²) in [5.74, 6) is 0. The first-order valence-corrected chi connectivity index (χ1v) is 6.70. The number of ether oxygens (including phenoxy) is 3. The van der Waals surface area contributed by atoms with E-state index in [0.717, 1.165) is 6.54 Å². The SMILES string of the molecule is COCC1NCCOC12CN(C(=O)OC(C)(C)C)C2. The van der Waals surface area contributed by atoms with Crippen LogP contribution in [0.3, 0.4) is 0 Å². The van der Waals surface area contributed by atoms with Crippen molar-refractivity contribution in [3.05, 3.63) is 0 Å². The molecule has 0 aromatic heterocycles. The molecule has 0 saturated carbocycles. The van der Waals surface area contributed by atoms with Gasteiger partial charge >= 0.3 is 6.09 Å². The zero-order valence-electron chi connectivity index (χ0n) is 12.2. The largest absolute Gasteiger partial charge is 0.444 e. The van der Waals surface area contributed by atoms with Crippen LogP contribution < -0.4 is 5.32 Å². The Morgan fingerprint density at radius 3 is 2.74 bits per heavy atom. The average Bonchev–Trinajstić information content (AvgIpc) is 2.24. The number of carbonyl (C=O) groups excluding carboxylic acids is 1. The van der Waals surface area contributed by atoms with Crippen molar-refractivity contribution in [3.8, 4) is 0 Å². The summed E-state index contributed by atoms with van der Waals surface area (Å²) >= 11 is 0. The van der Waals surface area contributed by atoms with E-state index in [1.54, 1.807) is 12.0 Å². The van der Waals surface area contributed by atoms with Crippen molar-refractivity contribution in [2.45, 2.75) is 38.0 Å². The van der Waals surface area contributed by atoms with Gasteiger partial charge in [0.05, 0.1) is 32.3 Å². The van der Waals surface area contributed by atoms with Gasteiger partial charge in [-0.3, -0.25) is 0 Å². The number of nitrogens with zero attached hydrogens (tertiary/aromatic N) is 1. The molecular weight excluding hydrogens is 248 g/mol. The predicted octanol–water partition coefficient (Wildman–Crippen LogP) is 0.611. The van der Waals surface area contributed by atoms with Crippen LogP contribution in [0.4, 0.5) is 4.79 Å². The van der Waals surface area contributed by atoms with Crippen LogP contribution in [0, 0.1) is 0 Å². The Balaban J connectivity index is 1.90. The van der Waals surface area contributed by atoms with Crippen LogP contribution in [-0.4, -0.2) is 68.2 Å². The Labute approximate surface area is 114 Å². The molecule has 2 aliphatic rings. The van der Waals surface area contributed by atoms with Crippen molar-refractivity contribution < 1.29 is 19.0 Å². The molecular formula is C13H24N2O4. The van der Waals surface area contributed by atoms with Crippen LogP contribution >= 0.6 is 0 Å². The average molecular weight is 272 g/mol. The van der Waals surface area contributed by atoms with Gasteiger partial charge < -0.3 is 24.4 Å². The maximum atomic E-state index is 11.9. The van der Waals surface area contributed by atoms with Crippen molar-refractivity contribution in [1.82, 2.24) is 10.2 Å². The van der Waals surface area contributed by atoms with Crippen molar-refractivity contribution in [2.75, 3.05) is 40.0 Å². The van der Waals surface area contributed by atoms with Crippen molar-refractivity contribution in [3.63, 3.8) is 0 Å². The molecule has 1 amide bonds. The summed E-state index contributed by atoms with van der Waals surface area (Å²) in [7, 11) is 1.67. The predicted molar refractivity (Wildman–Crippen MR) is 70.2 cm³/mol. The van der Waals surface area contributed by atoms with Gasteiger partial charge in [-0.1, -0.05) is 0 Å². The highest BCUT2D eigenvalue weighted by atomic mass is 16.6. The lowest BCUT2D eigenvalue weighted by molar-refractivity contribution is -0.181. The summed E-state index contributed by atoms with van der Waals surface area (Å²) in [6.07, 6.45) is -0.275. The molecule has 6 heteroatoms. The Morgan fingerprint density at radius 2 is 2.16 bits per heavy atom. The highest BCUT2D eigenvalue weighted by Crippen LogP contribution is 2.32. The molecule has 0 aromatic rings. The molecule has 0 aliphatic carbocycles. The summed E-state index contributed by atoms with van der Waals surface area (Å²) < 4.78 is 16.4. The summed E-state index contributed by atoms with van der Waals surface area (Å²) in [6, 6.07) is 0.130. The van der Waals surface area contributed by atoms with Crippen LogP contribution in [0.1, 0.15) is 20.8 Å². The van der Waals surface area contributed by atoms with Crippen molar-refractivity contribution in [1.29, 1.82) is 0 Å². The van der Waals surface area contributed by atoms with Crippen LogP contribution in [-0.2, 0) is 14.2 Å². The fraction of sp³-hybridized carbons (Fsp3) is 0.923. The van der Waals surface area contributed by atoms with Gasteiger partial charge in [-0.2, -0.15) is 0 Å². The maximum absolute atomic E-state index is 11.9. The van der Waals surface area contributed by atoms with E-state index in [0.29, 0.717) is 26.3 Å². The molecule has 0 radical (unpaired) electrons. The molecule has 0 aromatic carbocycles. The number of amides is 1. The number of methoxy groups -OCH3 is 1. The molecule has 2 heterocycles. The number of carbonyl (C=O) groups is 1. The Bertz CT molecular complexity index is 332. The second kappa shape index (κ2) is 5.26. The van der Waals surface area contributed by atoms with E-state index in [9.17, 15) is 4.79 Å². The van der Waals surface area contributed by atoms with E-state index in [4.69, 9.17) is 14.2 Å². The number of rotatable bonds is 2. The number of hydrogen-bond donors (Lipinski definition) is 1. The van der Waals surface area contributed by atoms with Crippen LogP contribution in [0.15, 0.2) is 0 Å². The van der Waals surface area contributed by atoms with Crippen molar-refractivity contribution in [2.24, 2.45) is 0 Å². The minimum absolute atomic E-state index is 0.130. The number of nitrogens with one attached hydrogen (secondary N) is 1. The lowest BCUT2D eigenvalue weighted by Gasteiger charge is -2.55. The summed E-state index contributed by atoms with van der Waals surface area (Å²) in [4.78, 5) is 13.6. The lowest BCUT2D eigenvalue weighted by Crippen LogP contribution is -2.76. The van der Waals surface area contributed by atoms with E-state index in [1.165, 1.54) is 0 Å². The maximum Gasteiger partial charge on any atom is 0.410 e. The van der Waals surface area contributed by atoms with Crippen LogP contribution in [0.25, 0.3) is 0 Å². The van der Waals surface area contributed by atoms with Gasteiger partial charge in [-0.05, 0) is 20.8 Å². The van der Waals surface area contributed by atoms with Gasteiger partial charge in [0.1, 0.15) is 11.2 Å². The van der Waals surface area contributed by atoms with E-state index in [-0.39, 0.29) is 17.7 Å².